The summed E-state index contributed by atoms with van der Waals surface area (Å²) >= 11 is 13.0. The molecule has 0 unspecified atom stereocenters. The molecule has 0 bridgehead atoms. The summed E-state index contributed by atoms with van der Waals surface area (Å²) in [7, 11) is 0. The lowest BCUT2D eigenvalue weighted by atomic mass is 9.84. The first kappa shape index (κ1) is 31.3. The highest BCUT2D eigenvalue weighted by Gasteiger charge is 2.53. The van der Waals surface area contributed by atoms with E-state index in [1.165, 1.54) is 0 Å². The van der Waals surface area contributed by atoms with E-state index in [0.717, 1.165) is 11.1 Å². The third kappa shape index (κ3) is 7.69. The van der Waals surface area contributed by atoms with Crippen LogP contribution in [0, 0.1) is 0 Å². The van der Waals surface area contributed by atoms with Crippen LogP contribution in [0.15, 0.2) is 114 Å². The molecule has 0 saturated heterocycles. The number of aliphatic hydroxyl groups is 1. The van der Waals surface area contributed by atoms with Crippen molar-refractivity contribution in [1.29, 1.82) is 0 Å². The number of benzene rings is 4. The van der Waals surface area contributed by atoms with Crippen molar-refractivity contribution in [3.05, 3.63) is 142 Å². The summed E-state index contributed by atoms with van der Waals surface area (Å²) in [6.07, 6.45) is 4.58. The van der Waals surface area contributed by atoms with Gasteiger partial charge in [-0.25, -0.2) is 4.99 Å². The standard InChI is InChI=1S/C36H34Cl2N2O4/c37-29-16-19-31(32(38)25-29)33-36(21-7-13-26-9-3-1-4-10-26,35(42)39-22-20-27-11-5-2-6-12-27)40-34(44-33)28-14-17-30(18-15-28)43-24-8-23-41/h1-7,9-19,25,33,41H,8,20-24H2,(H,39,42)/b13-7+/t33-,36-/m1/s1. The quantitative estimate of drug-likeness (QED) is 0.150. The fraction of sp³-hybridized carbons (Fsp3) is 0.222. The van der Waals surface area contributed by atoms with E-state index >= 15 is 0 Å². The second kappa shape index (κ2) is 15.1. The second-order valence-corrected chi connectivity index (χ2v) is 11.3. The van der Waals surface area contributed by atoms with Gasteiger partial charge in [-0.2, -0.15) is 0 Å². The van der Waals surface area contributed by atoms with E-state index in [0.29, 0.717) is 58.8 Å². The average Bonchev–Trinajstić information content (AvgIpc) is 3.43. The zero-order valence-corrected chi connectivity index (χ0v) is 25.7. The number of aliphatic imine (C=N–C) groups is 1. The highest BCUT2D eigenvalue weighted by Crippen LogP contribution is 2.45. The van der Waals surface area contributed by atoms with Crippen LogP contribution in [0.4, 0.5) is 0 Å². The van der Waals surface area contributed by atoms with Crippen LogP contribution in [0.25, 0.3) is 6.08 Å². The summed E-state index contributed by atoms with van der Waals surface area (Å²) in [5.74, 6) is 0.726. The van der Waals surface area contributed by atoms with Gasteiger partial charge in [0.25, 0.3) is 5.91 Å². The van der Waals surface area contributed by atoms with Gasteiger partial charge in [0, 0.05) is 47.2 Å². The van der Waals surface area contributed by atoms with Gasteiger partial charge in [0.1, 0.15) is 5.75 Å². The number of rotatable bonds is 13. The molecule has 0 spiro atoms. The van der Waals surface area contributed by atoms with E-state index in [1.807, 2.05) is 97.1 Å². The number of aliphatic hydroxyl groups excluding tert-OH is 1. The Kier molecular flexibility index (Phi) is 10.7. The van der Waals surface area contributed by atoms with Crippen LogP contribution in [-0.2, 0) is 16.0 Å². The van der Waals surface area contributed by atoms with Crippen LogP contribution in [0.2, 0.25) is 10.0 Å². The molecule has 5 rings (SSSR count). The van der Waals surface area contributed by atoms with Crippen LogP contribution in [-0.4, -0.2) is 42.2 Å². The fourth-order valence-electron chi connectivity index (χ4n) is 5.06. The topological polar surface area (TPSA) is 80.2 Å². The molecule has 8 heteroatoms. The van der Waals surface area contributed by atoms with Crippen LogP contribution < -0.4 is 10.1 Å². The lowest BCUT2D eigenvalue weighted by Crippen LogP contribution is -2.48. The largest absolute Gasteiger partial charge is 0.494 e. The van der Waals surface area contributed by atoms with E-state index in [9.17, 15) is 4.79 Å². The number of carbonyl (C=O) groups is 1. The normalized spacial score (nSPS) is 17.7. The summed E-state index contributed by atoms with van der Waals surface area (Å²) < 4.78 is 12.2. The Hall–Kier alpha value is -4.10. The first-order valence-corrected chi connectivity index (χ1v) is 15.3. The molecule has 0 radical (unpaired) electrons. The molecule has 0 saturated carbocycles. The molecule has 1 aliphatic rings. The number of halogens is 2. The molecule has 0 fully saturated rings. The predicted octanol–water partition coefficient (Wildman–Crippen LogP) is 7.47. The third-order valence-corrected chi connectivity index (χ3v) is 7.92. The lowest BCUT2D eigenvalue weighted by molar-refractivity contribution is -0.128. The van der Waals surface area contributed by atoms with Crippen molar-refractivity contribution in [3.63, 3.8) is 0 Å². The first-order chi connectivity index (χ1) is 21.5. The third-order valence-electron chi connectivity index (χ3n) is 7.36. The number of ether oxygens (including phenoxy) is 2. The van der Waals surface area contributed by atoms with Crippen molar-refractivity contribution in [2.45, 2.75) is 30.9 Å². The van der Waals surface area contributed by atoms with Gasteiger partial charge in [0.2, 0.25) is 5.90 Å². The summed E-state index contributed by atoms with van der Waals surface area (Å²) in [4.78, 5) is 19.3. The van der Waals surface area contributed by atoms with Crippen molar-refractivity contribution >= 4 is 41.1 Å². The van der Waals surface area contributed by atoms with E-state index in [4.69, 9.17) is 42.8 Å². The van der Waals surface area contributed by atoms with Crippen LogP contribution in [0.3, 0.4) is 0 Å². The summed E-state index contributed by atoms with van der Waals surface area (Å²) in [6.45, 7) is 0.898. The van der Waals surface area contributed by atoms with Gasteiger partial charge < -0.3 is 19.9 Å². The van der Waals surface area contributed by atoms with Crippen molar-refractivity contribution in [2.24, 2.45) is 4.99 Å². The number of hydrogen-bond acceptors (Lipinski definition) is 5. The molecule has 1 amide bonds. The molecular formula is C36H34Cl2N2O4. The second-order valence-electron chi connectivity index (χ2n) is 10.5. The van der Waals surface area contributed by atoms with E-state index in [-0.39, 0.29) is 18.9 Å². The Labute approximate surface area is 268 Å². The van der Waals surface area contributed by atoms with Crippen molar-refractivity contribution in [3.8, 4) is 5.75 Å². The summed E-state index contributed by atoms with van der Waals surface area (Å²) in [5.41, 5.74) is 2.08. The Morgan fingerprint density at radius 1 is 0.977 bits per heavy atom. The minimum atomic E-state index is -1.36. The fourth-order valence-corrected chi connectivity index (χ4v) is 5.57. The van der Waals surface area contributed by atoms with Gasteiger partial charge in [0.05, 0.1) is 6.61 Å². The smallest absolute Gasteiger partial charge is 0.252 e. The van der Waals surface area contributed by atoms with Gasteiger partial charge in [-0.15, -0.1) is 0 Å². The van der Waals surface area contributed by atoms with Crippen molar-refractivity contribution in [1.82, 2.24) is 5.32 Å². The summed E-state index contributed by atoms with van der Waals surface area (Å²) in [6, 6.07) is 32.4. The first-order valence-electron chi connectivity index (χ1n) is 14.6. The maximum atomic E-state index is 14.3. The SMILES string of the molecule is O=C(NCCc1ccccc1)[C@]1(C/C=C/c2ccccc2)N=C(c2ccc(OCCCO)cc2)O[C@@H]1c1ccc(Cl)cc1Cl. The number of nitrogens with one attached hydrogen (secondary N) is 1. The van der Waals surface area contributed by atoms with Gasteiger partial charge in [-0.1, -0.05) is 102 Å². The van der Waals surface area contributed by atoms with E-state index in [1.54, 1.807) is 18.2 Å². The molecule has 4 aromatic carbocycles. The van der Waals surface area contributed by atoms with E-state index in [2.05, 4.69) is 5.32 Å². The van der Waals surface area contributed by atoms with Crippen molar-refractivity contribution in [2.75, 3.05) is 19.8 Å². The van der Waals surface area contributed by atoms with Gasteiger partial charge >= 0.3 is 0 Å². The molecule has 1 aliphatic heterocycles. The van der Waals surface area contributed by atoms with Crippen LogP contribution >= 0.6 is 23.2 Å². The average molecular weight is 630 g/mol. The minimum absolute atomic E-state index is 0.0611. The number of hydrogen-bond donors (Lipinski definition) is 2. The molecule has 0 aromatic heterocycles. The maximum Gasteiger partial charge on any atom is 0.252 e. The molecule has 0 aliphatic carbocycles. The van der Waals surface area contributed by atoms with Gasteiger partial charge in [-0.3, -0.25) is 4.79 Å². The van der Waals surface area contributed by atoms with E-state index < -0.39 is 11.6 Å². The minimum Gasteiger partial charge on any atom is -0.494 e. The van der Waals surface area contributed by atoms with Gasteiger partial charge in [-0.05, 0) is 53.9 Å². The predicted molar refractivity (Wildman–Crippen MR) is 176 cm³/mol. The highest BCUT2D eigenvalue weighted by atomic mass is 35.5. The Balaban J connectivity index is 1.51. The molecule has 2 N–H and O–H groups in total. The number of nitrogens with zero attached hydrogens (tertiary/aromatic N) is 1. The number of amides is 1. The molecule has 4 aromatic rings. The monoisotopic (exact) mass is 628 g/mol. The van der Waals surface area contributed by atoms with Crippen molar-refractivity contribution < 1.29 is 19.4 Å². The highest BCUT2D eigenvalue weighted by molar-refractivity contribution is 6.35. The zero-order chi connectivity index (χ0) is 30.8. The molecule has 6 nitrogen and oxygen atoms in total. The van der Waals surface area contributed by atoms with Crippen LogP contribution in [0.1, 0.15) is 41.2 Å². The Morgan fingerprint density at radius 3 is 2.41 bits per heavy atom. The molecule has 1 heterocycles. The Morgan fingerprint density at radius 2 is 1.70 bits per heavy atom. The van der Waals surface area contributed by atoms with Crippen LogP contribution in [0.5, 0.6) is 5.75 Å². The Bertz CT molecular complexity index is 1590. The van der Waals surface area contributed by atoms with Gasteiger partial charge in [0.15, 0.2) is 11.6 Å². The molecular weight excluding hydrogens is 595 g/mol. The molecule has 44 heavy (non-hydrogen) atoms. The molecule has 2 atom stereocenters. The summed E-state index contributed by atoms with van der Waals surface area (Å²) in [5, 5.41) is 13.1. The zero-order valence-electron chi connectivity index (χ0n) is 24.2. The maximum absolute atomic E-state index is 14.3. The molecule has 226 valence electrons. The number of carbonyl (C=O) groups excluding carboxylic acids is 1. The lowest BCUT2D eigenvalue weighted by Gasteiger charge is -2.30.